The lowest BCUT2D eigenvalue weighted by Crippen LogP contribution is -2.26. The largest absolute Gasteiger partial charge is 0.240 e. The summed E-state index contributed by atoms with van der Waals surface area (Å²) in [5.74, 6) is 0. The van der Waals surface area contributed by atoms with E-state index in [2.05, 4.69) is 14.8 Å². The number of halogens is 1. The third kappa shape index (κ3) is 3.67. The molecule has 0 unspecified atom stereocenters. The number of nitrogens with one attached hydrogen (secondary N) is 1. The van der Waals surface area contributed by atoms with Crippen LogP contribution in [0.5, 0.6) is 0 Å². The summed E-state index contributed by atoms with van der Waals surface area (Å²) in [5, 5.41) is 7.20. The second-order valence-corrected chi connectivity index (χ2v) is 8.06. The SMILES string of the molecule is Cc1c(Cl)cccc1S(=O)(=O)NCCc1csc(-n2cccn2)n1. The molecule has 0 atom stereocenters. The van der Waals surface area contributed by atoms with Crippen molar-refractivity contribution in [1.82, 2.24) is 19.5 Å². The molecule has 0 aliphatic carbocycles. The van der Waals surface area contributed by atoms with Gasteiger partial charge in [0.05, 0.1) is 10.6 Å². The third-order valence-electron chi connectivity index (χ3n) is 3.42. The Hall–Kier alpha value is -1.74. The minimum absolute atomic E-state index is 0.200. The lowest BCUT2D eigenvalue weighted by molar-refractivity contribution is 0.580. The second-order valence-electron chi connectivity index (χ2n) is 5.08. The number of hydrogen-bond acceptors (Lipinski definition) is 5. The van der Waals surface area contributed by atoms with Gasteiger partial charge in [0.25, 0.3) is 0 Å². The molecule has 0 saturated heterocycles. The number of sulfonamides is 1. The number of hydrogen-bond donors (Lipinski definition) is 1. The molecular formula is C15H15ClN4O2S2. The monoisotopic (exact) mass is 382 g/mol. The quantitative estimate of drug-likeness (QED) is 0.711. The standard InChI is InChI=1S/C15H15ClN4O2S2/c1-11-13(16)4-2-5-14(11)24(21,22)18-8-6-12-10-23-15(19-12)20-9-3-7-17-20/h2-5,7,9-10,18H,6,8H2,1H3. The van der Waals surface area contributed by atoms with E-state index in [1.165, 1.54) is 11.3 Å². The Morgan fingerprint density at radius 2 is 2.17 bits per heavy atom. The van der Waals surface area contributed by atoms with Gasteiger partial charge in [0.15, 0.2) is 0 Å². The Kier molecular flexibility index (Phi) is 5.00. The van der Waals surface area contributed by atoms with Gasteiger partial charge in [0.1, 0.15) is 0 Å². The van der Waals surface area contributed by atoms with Crippen molar-refractivity contribution in [3.8, 4) is 5.13 Å². The molecule has 0 spiro atoms. The molecule has 3 rings (SSSR count). The van der Waals surface area contributed by atoms with Gasteiger partial charge < -0.3 is 0 Å². The first-order chi connectivity index (χ1) is 11.5. The maximum Gasteiger partial charge on any atom is 0.240 e. The van der Waals surface area contributed by atoms with Crippen LogP contribution in [0.25, 0.3) is 5.13 Å². The van der Waals surface area contributed by atoms with Crippen molar-refractivity contribution in [2.45, 2.75) is 18.2 Å². The molecule has 0 bridgehead atoms. The number of benzene rings is 1. The lowest BCUT2D eigenvalue weighted by Gasteiger charge is -2.09. The second kappa shape index (κ2) is 7.02. The Balaban J connectivity index is 1.65. The molecule has 0 saturated carbocycles. The zero-order valence-corrected chi connectivity index (χ0v) is 15.2. The van der Waals surface area contributed by atoms with Crippen LogP contribution in [0.2, 0.25) is 5.02 Å². The molecule has 0 radical (unpaired) electrons. The van der Waals surface area contributed by atoms with Crippen LogP contribution in [0.4, 0.5) is 0 Å². The maximum atomic E-state index is 12.4. The van der Waals surface area contributed by atoms with E-state index in [4.69, 9.17) is 11.6 Å². The van der Waals surface area contributed by atoms with Gasteiger partial charge in [-0.15, -0.1) is 11.3 Å². The van der Waals surface area contributed by atoms with Gasteiger partial charge in [-0.2, -0.15) is 5.10 Å². The average molecular weight is 383 g/mol. The van der Waals surface area contributed by atoms with Crippen LogP contribution >= 0.6 is 22.9 Å². The Bertz CT molecular complexity index is 936. The zero-order chi connectivity index (χ0) is 17.2. The first kappa shape index (κ1) is 17.1. The summed E-state index contributed by atoms with van der Waals surface area (Å²) in [4.78, 5) is 4.64. The molecule has 126 valence electrons. The molecule has 1 aromatic carbocycles. The van der Waals surface area contributed by atoms with Crippen molar-refractivity contribution >= 4 is 33.0 Å². The van der Waals surface area contributed by atoms with Gasteiger partial charge in [-0.1, -0.05) is 17.7 Å². The minimum Gasteiger partial charge on any atom is -0.223 e. The van der Waals surface area contributed by atoms with Crippen LogP contribution in [-0.4, -0.2) is 29.7 Å². The topological polar surface area (TPSA) is 76.9 Å². The molecule has 0 fully saturated rings. The third-order valence-corrected chi connectivity index (χ3v) is 6.31. The highest BCUT2D eigenvalue weighted by molar-refractivity contribution is 7.89. The average Bonchev–Trinajstić information content (AvgIpc) is 3.20. The van der Waals surface area contributed by atoms with Crippen LogP contribution < -0.4 is 4.72 Å². The smallest absolute Gasteiger partial charge is 0.223 e. The van der Waals surface area contributed by atoms with E-state index in [-0.39, 0.29) is 11.4 Å². The van der Waals surface area contributed by atoms with Crippen molar-refractivity contribution in [2.24, 2.45) is 0 Å². The summed E-state index contributed by atoms with van der Waals surface area (Å²) in [5.41, 5.74) is 1.36. The van der Waals surface area contributed by atoms with Gasteiger partial charge in [0, 0.05) is 35.8 Å². The highest BCUT2D eigenvalue weighted by Gasteiger charge is 2.17. The molecular weight excluding hydrogens is 368 g/mol. The van der Waals surface area contributed by atoms with Gasteiger partial charge >= 0.3 is 0 Å². The summed E-state index contributed by atoms with van der Waals surface area (Å²) >= 11 is 7.45. The van der Waals surface area contributed by atoms with Crippen LogP contribution in [-0.2, 0) is 16.4 Å². The van der Waals surface area contributed by atoms with E-state index < -0.39 is 10.0 Å². The molecule has 24 heavy (non-hydrogen) atoms. The number of rotatable bonds is 6. The molecule has 0 aliphatic rings. The molecule has 3 aromatic rings. The molecule has 1 N–H and O–H groups in total. The fourth-order valence-electron chi connectivity index (χ4n) is 2.17. The molecule has 0 aliphatic heterocycles. The van der Waals surface area contributed by atoms with Crippen molar-refractivity contribution in [3.05, 3.63) is 58.3 Å². The highest BCUT2D eigenvalue weighted by atomic mass is 35.5. The summed E-state index contributed by atoms with van der Waals surface area (Å²) < 4.78 is 29.0. The first-order valence-corrected chi connectivity index (χ1v) is 9.90. The normalized spacial score (nSPS) is 11.8. The predicted octanol–water partition coefficient (Wildman–Crippen LogP) is 2.81. The van der Waals surface area contributed by atoms with Gasteiger partial charge in [-0.25, -0.2) is 22.8 Å². The van der Waals surface area contributed by atoms with Crippen molar-refractivity contribution in [2.75, 3.05) is 6.54 Å². The number of nitrogens with zero attached hydrogens (tertiary/aromatic N) is 3. The molecule has 0 amide bonds. The van der Waals surface area contributed by atoms with Gasteiger partial charge in [-0.3, -0.25) is 0 Å². The predicted molar refractivity (Wildman–Crippen MR) is 94.3 cm³/mol. The summed E-state index contributed by atoms with van der Waals surface area (Å²) in [6.07, 6.45) is 3.99. The lowest BCUT2D eigenvalue weighted by atomic mass is 10.2. The summed E-state index contributed by atoms with van der Waals surface area (Å²) in [7, 11) is -3.60. The summed E-state index contributed by atoms with van der Waals surface area (Å²) in [6.45, 7) is 1.95. The van der Waals surface area contributed by atoms with Crippen LogP contribution in [0.1, 0.15) is 11.3 Å². The molecule has 2 heterocycles. The summed E-state index contributed by atoms with van der Waals surface area (Å²) in [6, 6.07) is 6.66. The van der Waals surface area contributed by atoms with Gasteiger partial charge in [0.2, 0.25) is 15.2 Å². The van der Waals surface area contributed by atoms with Gasteiger partial charge in [-0.05, 0) is 30.7 Å². The van der Waals surface area contributed by atoms with E-state index in [1.807, 2.05) is 17.6 Å². The number of thiazole rings is 1. The Labute approximate surface area is 149 Å². The molecule has 6 nitrogen and oxygen atoms in total. The Morgan fingerprint density at radius 1 is 1.33 bits per heavy atom. The Morgan fingerprint density at radius 3 is 2.92 bits per heavy atom. The van der Waals surface area contributed by atoms with E-state index in [9.17, 15) is 8.42 Å². The van der Waals surface area contributed by atoms with E-state index in [0.29, 0.717) is 17.0 Å². The van der Waals surface area contributed by atoms with Crippen LogP contribution in [0.3, 0.4) is 0 Å². The van der Waals surface area contributed by atoms with Crippen molar-refractivity contribution < 1.29 is 8.42 Å². The van der Waals surface area contributed by atoms with Crippen molar-refractivity contribution in [3.63, 3.8) is 0 Å². The number of aromatic nitrogens is 3. The molecule has 2 aromatic heterocycles. The first-order valence-electron chi connectivity index (χ1n) is 7.16. The zero-order valence-electron chi connectivity index (χ0n) is 12.8. The molecule has 9 heteroatoms. The van der Waals surface area contributed by atoms with Crippen LogP contribution in [0.15, 0.2) is 46.9 Å². The van der Waals surface area contributed by atoms with E-state index in [0.717, 1.165) is 10.8 Å². The fourth-order valence-corrected chi connectivity index (χ4v) is 4.49. The highest BCUT2D eigenvalue weighted by Crippen LogP contribution is 2.22. The van der Waals surface area contributed by atoms with E-state index >= 15 is 0 Å². The van der Waals surface area contributed by atoms with Crippen LogP contribution in [0, 0.1) is 6.92 Å². The maximum absolute atomic E-state index is 12.4. The van der Waals surface area contributed by atoms with E-state index in [1.54, 1.807) is 36.0 Å². The van der Waals surface area contributed by atoms with Crippen molar-refractivity contribution in [1.29, 1.82) is 0 Å². The minimum atomic E-state index is -3.60. The fraction of sp³-hybridized carbons (Fsp3) is 0.200.